The van der Waals surface area contributed by atoms with Crippen molar-refractivity contribution in [2.24, 2.45) is 0 Å². The Morgan fingerprint density at radius 3 is 3.10 bits per heavy atom. The van der Waals surface area contributed by atoms with Gasteiger partial charge in [-0.2, -0.15) is 0 Å². The van der Waals surface area contributed by atoms with Gasteiger partial charge in [-0.3, -0.25) is 0 Å². The highest BCUT2D eigenvalue weighted by atomic mass is 16.7. The van der Waals surface area contributed by atoms with Crippen molar-refractivity contribution < 1.29 is 9.47 Å². The van der Waals surface area contributed by atoms with Crippen molar-refractivity contribution in [3.63, 3.8) is 0 Å². The van der Waals surface area contributed by atoms with Crippen molar-refractivity contribution in [2.45, 2.75) is 6.42 Å². The Bertz CT molecular complexity index is 240. The van der Waals surface area contributed by atoms with Gasteiger partial charge in [-0.15, -0.1) is 0 Å². The quantitative estimate of drug-likeness (QED) is 0.544. The summed E-state index contributed by atoms with van der Waals surface area (Å²) in [6.07, 6.45) is 4.08. The monoisotopic (exact) mass is 137 g/mol. The highest BCUT2D eigenvalue weighted by Gasteiger charge is 2.19. The van der Waals surface area contributed by atoms with Gasteiger partial charge in [0.15, 0.2) is 5.76 Å². The second kappa shape index (κ2) is 1.87. The van der Waals surface area contributed by atoms with Crippen LogP contribution in [0.15, 0.2) is 23.7 Å². The van der Waals surface area contributed by atoms with Gasteiger partial charge in [-0.25, -0.2) is 0 Å². The summed E-state index contributed by atoms with van der Waals surface area (Å²) in [5.74, 6) is 1.59. The lowest BCUT2D eigenvalue weighted by Crippen LogP contribution is -2.00. The van der Waals surface area contributed by atoms with Crippen molar-refractivity contribution in [1.82, 2.24) is 0 Å². The Morgan fingerprint density at radius 1 is 1.30 bits per heavy atom. The molecule has 52 valence electrons. The van der Waals surface area contributed by atoms with Crippen LogP contribution in [-0.4, -0.2) is 12.5 Å². The van der Waals surface area contributed by atoms with Gasteiger partial charge in [0.05, 0.1) is 6.42 Å². The van der Waals surface area contributed by atoms with E-state index in [1.54, 1.807) is 12.2 Å². The van der Waals surface area contributed by atoms with Crippen LogP contribution in [0, 0.1) is 5.41 Å². The molecule has 0 unspecified atom stereocenters. The van der Waals surface area contributed by atoms with Gasteiger partial charge in [-0.05, 0) is 12.2 Å². The van der Waals surface area contributed by atoms with Crippen LogP contribution in [0.2, 0.25) is 0 Å². The third-order valence-electron chi connectivity index (χ3n) is 1.51. The molecule has 1 aliphatic heterocycles. The van der Waals surface area contributed by atoms with E-state index in [0.717, 1.165) is 11.5 Å². The molecular weight excluding hydrogens is 130 g/mol. The fourth-order valence-electron chi connectivity index (χ4n) is 1.00. The lowest BCUT2D eigenvalue weighted by molar-refractivity contribution is 0.0741. The van der Waals surface area contributed by atoms with Crippen molar-refractivity contribution >= 4 is 5.71 Å². The standard InChI is InChI=1S/C7H7NO2/c8-5-1-2-6-7(3-5)10-4-9-6/h1-2,8H,3-4H2. The van der Waals surface area contributed by atoms with Crippen LogP contribution in [0.3, 0.4) is 0 Å². The van der Waals surface area contributed by atoms with Crippen LogP contribution in [0.4, 0.5) is 0 Å². The molecule has 1 N–H and O–H groups in total. The summed E-state index contributed by atoms with van der Waals surface area (Å²) in [7, 11) is 0. The summed E-state index contributed by atoms with van der Waals surface area (Å²) in [4.78, 5) is 0. The second-order valence-electron chi connectivity index (χ2n) is 2.23. The lowest BCUT2D eigenvalue weighted by atomic mass is 10.1. The SMILES string of the molecule is N=C1C=CC2=C(C1)OCO2. The zero-order chi connectivity index (χ0) is 6.97. The molecule has 10 heavy (non-hydrogen) atoms. The van der Waals surface area contributed by atoms with Crippen molar-refractivity contribution in [3.8, 4) is 0 Å². The third-order valence-corrected chi connectivity index (χ3v) is 1.51. The van der Waals surface area contributed by atoms with E-state index >= 15 is 0 Å². The third kappa shape index (κ3) is 0.708. The Morgan fingerprint density at radius 2 is 2.20 bits per heavy atom. The van der Waals surface area contributed by atoms with E-state index in [2.05, 4.69) is 0 Å². The lowest BCUT2D eigenvalue weighted by Gasteiger charge is -2.03. The van der Waals surface area contributed by atoms with E-state index < -0.39 is 0 Å². The average Bonchev–Trinajstić information content (AvgIpc) is 2.33. The molecular formula is C7H7NO2. The highest BCUT2D eigenvalue weighted by Crippen LogP contribution is 2.24. The zero-order valence-electron chi connectivity index (χ0n) is 5.39. The molecule has 0 saturated carbocycles. The predicted octanol–water partition coefficient (Wildman–Crippen LogP) is 1.18. The first-order valence-electron chi connectivity index (χ1n) is 3.10. The maximum Gasteiger partial charge on any atom is 0.230 e. The Balaban J connectivity index is 2.30. The average molecular weight is 137 g/mol. The molecule has 2 rings (SSSR count). The van der Waals surface area contributed by atoms with Crippen LogP contribution < -0.4 is 0 Å². The highest BCUT2D eigenvalue weighted by molar-refractivity contribution is 5.95. The van der Waals surface area contributed by atoms with Crippen molar-refractivity contribution in [1.29, 1.82) is 5.41 Å². The van der Waals surface area contributed by atoms with E-state index in [1.165, 1.54) is 0 Å². The summed E-state index contributed by atoms with van der Waals surface area (Å²) >= 11 is 0. The molecule has 0 amide bonds. The van der Waals surface area contributed by atoms with Gasteiger partial charge >= 0.3 is 0 Å². The molecule has 0 aromatic carbocycles. The maximum absolute atomic E-state index is 7.28. The molecule has 0 aromatic rings. The molecule has 0 saturated heterocycles. The molecule has 3 heteroatoms. The number of hydrogen-bond acceptors (Lipinski definition) is 3. The molecule has 1 aliphatic carbocycles. The molecule has 0 atom stereocenters. The summed E-state index contributed by atoms with van der Waals surface area (Å²) < 4.78 is 10.2. The second-order valence-corrected chi connectivity index (χ2v) is 2.23. The minimum absolute atomic E-state index is 0.308. The first kappa shape index (κ1) is 5.53. The topological polar surface area (TPSA) is 42.3 Å². The van der Waals surface area contributed by atoms with Gasteiger partial charge < -0.3 is 14.9 Å². The van der Waals surface area contributed by atoms with Gasteiger partial charge in [0.1, 0.15) is 5.76 Å². The van der Waals surface area contributed by atoms with E-state index in [0.29, 0.717) is 18.9 Å². The van der Waals surface area contributed by atoms with E-state index in [9.17, 15) is 0 Å². The number of ether oxygens (including phenoxy) is 2. The first-order chi connectivity index (χ1) is 4.86. The van der Waals surface area contributed by atoms with Crippen LogP contribution in [-0.2, 0) is 9.47 Å². The van der Waals surface area contributed by atoms with Gasteiger partial charge in [0.25, 0.3) is 0 Å². The summed E-state index contributed by atoms with van der Waals surface area (Å²) in [5.41, 5.74) is 0.573. The molecule has 0 spiro atoms. The fraction of sp³-hybridized carbons (Fsp3) is 0.286. The van der Waals surface area contributed by atoms with E-state index in [1.807, 2.05) is 0 Å². The Hall–Kier alpha value is -1.25. The van der Waals surface area contributed by atoms with Crippen LogP contribution in [0.5, 0.6) is 0 Å². The fourth-order valence-corrected chi connectivity index (χ4v) is 1.00. The molecule has 0 radical (unpaired) electrons. The number of allylic oxidation sites excluding steroid dienone is 3. The normalized spacial score (nSPS) is 22.2. The van der Waals surface area contributed by atoms with Gasteiger partial charge in [-0.1, -0.05) is 0 Å². The Labute approximate surface area is 58.5 Å². The molecule has 0 aromatic heterocycles. The largest absolute Gasteiger partial charge is 0.458 e. The number of nitrogens with one attached hydrogen (secondary N) is 1. The van der Waals surface area contributed by atoms with Crippen LogP contribution in [0.1, 0.15) is 6.42 Å². The summed E-state index contributed by atoms with van der Waals surface area (Å²) in [5, 5.41) is 7.28. The van der Waals surface area contributed by atoms with Crippen LogP contribution >= 0.6 is 0 Å². The molecule has 1 heterocycles. The molecule has 0 bridgehead atoms. The number of hydrogen-bond donors (Lipinski definition) is 1. The van der Waals surface area contributed by atoms with Gasteiger partial charge in [0, 0.05) is 5.71 Å². The summed E-state index contributed by atoms with van der Waals surface area (Å²) in [6, 6.07) is 0. The van der Waals surface area contributed by atoms with Crippen molar-refractivity contribution in [3.05, 3.63) is 23.7 Å². The van der Waals surface area contributed by atoms with E-state index in [4.69, 9.17) is 14.9 Å². The maximum atomic E-state index is 7.28. The first-order valence-corrected chi connectivity index (χ1v) is 3.10. The smallest absolute Gasteiger partial charge is 0.230 e. The van der Waals surface area contributed by atoms with E-state index in [-0.39, 0.29) is 0 Å². The Kier molecular flexibility index (Phi) is 1.03. The van der Waals surface area contributed by atoms with Crippen molar-refractivity contribution in [2.75, 3.05) is 6.79 Å². The molecule has 2 aliphatic rings. The predicted molar refractivity (Wildman–Crippen MR) is 35.5 cm³/mol. The molecule has 0 fully saturated rings. The molecule has 3 nitrogen and oxygen atoms in total. The minimum atomic E-state index is 0.308. The van der Waals surface area contributed by atoms with Crippen LogP contribution in [0.25, 0.3) is 0 Å². The number of rotatable bonds is 0. The zero-order valence-corrected chi connectivity index (χ0v) is 5.39. The summed E-state index contributed by atoms with van der Waals surface area (Å²) in [6.45, 7) is 0.308. The van der Waals surface area contributed by atoms with Gasteiger partial charge in [0.2, 0.25) is 6.79 Å². The minimum Gasteiger partial charge on any atom is -0.458 e.